The number of anilines is 1. The molecule has 2 aliphatic carbocycles. The molecule has 1 heterocycles. The normalized spacial score (nSPS) is 25.1. The maximum absolute atomic E-state index is 12.4. The summed E-state index contributed by atoms with van der Waals surface area (Å²) in [7, 11) is 0. The van der Waals surface area contributed by atoms with Gasteiger partial charge in [-0.1, -0.05) is 36.8 Å². The van der Waals surface area contributed by atoms with E-state index in [1.807, 2.05) is 35.9 Å². The molecular weight excluding hydrogens is 298 g/mol. The Morgan fingerprint density at radius 3 is 2.79 bits per heavy atom. The van der Waals surface area contributed by atoms with Gasteiger partial charge in [0.25, 0.3) is 0 Å². The zero-order chi connectivity index (χ0) is 16.5. The number of carbonyl (C=O) groups excluding carboxylic acids is 1. The van der Waals surface area contributed by atoms with E-state index in [0.717, 1.165) is 24.1 Å². The molecule has 0 saturated heterocycles. The monoisotopic (exact) mass is 323 g/mol. The van der Waals surface area contributed by atoms with E-state index in [0.29, 0.717) is 18.2 Å². The van der Waals surface area contributed by atoms with Crippen molar-refractivity contribution in [1.82, 2.24) is 9.78 Å². The number of hydrogen-bond acceptors (Lipinski definition) is 2. The van der Waals surface area contributed by atoms with Crippen LogP contribution in [0, 0.1) is 24.7 Å². The zero-order valence-electron chi connectivity index (χ0n) is 14.2. The summed E-state index contributed by atoms with van der Waals surface area (Å²) < 4.78 is 1.95. The lowest BCUT2D eigenvalue weighted by Gasteiger charge is -2.20. The Kier molecular flexibility index (Phi) is 4.13. The second-order valence-electron chi connectivity index (χ2n) is 7.50. The van der Waals surface area contributed by atoms with Gasteiger partial charge in [0.1, 0.15) is 0 Å². The standard InChI is InChI=1S/C20H25N3O/c1-14-9-19(22-23(14)13-15-5-3-2-4-6-15)21-20(24)12-18-11-16-7-8-17(18)10-16/h2-6,9,16-18H,7-8,10-13H2,1H3,(H,21,22,24). The van der Waals surface area contributed by atoms with Gasteiger partial charge < -0.3 is 5.32 Å². The molecule has 3 atom stereocenters. The number of fused-ring (bicyclic) bond motifs is 2. The van der Waals surface area contributed by atoms with Crippen LogP contribution in [0.4, 0.5) is 5.82 Å². The molecule has 2 aromatic rings. The van der Waals surface area contributed by atoms with Crippen molar-refractivity contribution in [3.05, 3.63) is 47.7 Å². The lowest BCUT2D eigenvalue weighted by Crippen LogP contribution is -2.20. The van der Waals surface area contributed by atoms with Gasteiger partial charge in [0, 0.05) is 18.2 Å². The number of carbonyl (C=O) groups is 1. The average molecular weight is 323 g/mol. The first kappa shape index (κ1) is 15.4. The first-order valence-electron chi connectivity index (χ1n) is 9.05. The summed E-state index contributed by atoms with van der Waals surface area (Å²) in [5, 5.41) is 7.56. The third-order valence-electron chi connectivity index (χ3n) is 5.76. The Balaban J connectivity index is 1.36. The van der Waals surface area contributed by atoms with Crippen molar-refractivity contribution in [2.45, 2.75) is 45.6 Å². The molecule has 1 aromatic carbocycles. The topological polar surface area (TPSA) is 46.9 Å². The Morgan fingerprint density at radius 1 is 1.25 bits per heavy atom. The fourth-order valence-electron chi connectivity index (χ4n) is 4.55. The van der Waals surface area contributed by atoms with E-state index in [9.17, 15) is 4.79 Å². The SMILES string of the molecule is Cc1cc(NC(=O)CC2CC3CCC2C3)nn1Cc1ccccc1. The van der Waals surface area contributed by atoms with E-state index >= 15 is 0 Å². The fraction of sp³-hybridized carbons (Fsp3) is 0.500. The largest absolute Gasteiger partial charge is 0.309 e. The molecule has 2 aliphatic rings. The second-order valence-corrected chi connectivity index (χ2v) is 7.50. The molecule has 1 N–H and O–H groups in total. The number of rotatable bonds is 5. The van der Waals surface area contributed by atoms with Crippen molar-refractivity contribution < 1.29 is 4.79 Å². The molecule has 4 nitrogen and oxygen atoms in total. The van der Waals surface area contributed by atoms with Crippen molar-refractivity contribution in [2.24, 2.45) is 17.8 Å². The average Bonchev–Trinajstić information content (AvgIpc) is 3.25. The van der Waals surface area contributed by atoms with Crippen LogP contribution in [-0.2, 0) is 11.3 Å². The smallest absolute Gasteiger partial charge is 0.225 e. The van der Waals surface area contributed by atoms with Gasteiger partial charge in [0.05, 0.1) is 6.54 Å². The highest BCUT2D eigenvalue weighted by atomic mass is 16.1. The van der Waals surface area contributed by atoms with Gasteiger partial charge in [-0.25, -0.2) is 0 Å². The third-order valence-corrected chi connectivity index (χ3v) is 5.76. The van der Waals surface area contributed by atoms with Gasteiger partial charge in [-0.05, 0) is 49.5 Å². The van der Waals surface area contributed by atoms with Gasteiger partial charge in [-0.15, -0.1) is 0 Å². The molecule has 0 radical (unpaired) electrons. The number of nitrogens with zero attached hydrogens (tertiary/aromatic N) is 2. The van der Waals surface area contributed by atoms with Crippen molar-refractivity contribution in [2.75, 3.05) is 5.32 Å². The minimum absolute atomic E-state index is 0.122. The van der Waals surface area contributed by atoms with Crippen molar-refractivity contribution >= 4 is 11.7 Å². The number of nitrogens with one attached hydrogen (secondary N) is 1. The second kappa shape index (κ2) is 6.42. The Bertz CT molecular complexity index is 722. The fourth-order valence-corrected chi connectivity index (χ4v) is 4.55. The van der Waals surface area contributed by atoms with Crippen LogP contribution in [0.2, 0.25) is 0 Å². The van der Waals surface area contributed by atoms with E-state index in [1.165, 1.54) is 31.2 Å². The number of amides is 1. The molecule has 4 rings (SSSR count). The highest BCUT2D eigenvalue weighted by molar-refractivity contribution is 5.90. The molecular formula is C20H25N3O. The van der Waals surface area contributed by atoms with Crippen LogP contribution in [0.1, 0.15) is 43.4 Å². The van der Waals surface area contributed by atoms with Crippen LogP contribution < -0.4 is 5.32 Å². The molecule has 24 heavy (non-hydrogen) atoms. The lowest BCUT2D eigenvalue weighted by atomic mass is 9.86. The molecule has 0 aliphatic heterocycles. The summed E-state index contributed by atoms with van der Waals surface area (Å²) in [6, 6.07) is 12.2. The highest BCUT2D eigenvalue weighted by Crippen LogP contribution is 2.49. The number of aromatic nitrogens is 2. The van der Waals surface area contributed by atoms with Gasteiger partial charge in [0.15, 0.2) is 5.82 Å². The maximum Gasteiger partial charge on any atom is 0.225 e. The van der Waals surface area contributed by atoms with Gasteiger partial charge in [-0.3, -0.25) is 9.48 Å². The molecule has 1 aromatic heterocycles. The molecule has 4 heteroatoms. The minimum atomic E-state index is 0.122. The Labute approximate surface area is 143 Å². The van der Waals surface area contributed by atoms with E-state index < -0.39 is 0 Å². The van der Waals surface area contributed by atoms with Crippen LogP contribution in [0.3, 0.4) is 0 Å². The lowest BCUT2D eigenvalue weighted by molar-refractivity contribution is -0.117. The van der Waals surface area contributed by atoms with E-state index in [2.05, 4.69) is 22.5 Å². The van der Waals surface area contributed by atoms with Crippen LogP contribution in [0.25, 0.3) is 0 Å². The van der Waals surface area contributed by atoms with Crippen LogP contribution in [-0.4, -0.2) is 15.7 Å². The van der Waals surface area contributed by atoms with E-state index in [1.54, 1.807) is 0 Å². The van der Waals surface area contributed by atoms with Gasteiger partial charge in [-0.2, -0.15) is 5.10 Å². The number of aryl methyl sites for hydroxylation is 1. The van der Waals surface area contributed by atoms with Crippen LogP contribution in [0.5, 0.6) is 0 Å². The predicted molar refractivity (Wildman–Crippen MR) is 94.7 cm³/mol. The third kappa shape index (κ3) is 3.23. The summed E-state index contributed by atoms with van der Waals surface area (Å²) >= 11 is 0. The van der Waals surface area contributed by atoms with Gasteiger partial charge >= 0.3 is 0 Å². The van der Waals surface area contributed by atoms with Crippen molar-refractivity contribution in [3.8, 4) is 0 Å². The first-order chi connectivity index (χ1) is 11.7. The molecule has 3 unspecified atom stereocenters. The Hall–Kier alpha value is -2.10. The minimum Gasteiger partial charge on any atom is -0.309 e. The summed E-state index contributed by atoms with van der Waals surface area (Å²) in [4.78, 5) is 12.4. The zero-order valence-corrected chi connectivity index (χ0v) is 14.2. The maximum atomic E-state index is 12.4. The van der Waals surface area contributed by atoms with Crippen LogP contribution >= 0.6 is 0 Å². The molecule has 0 spiro atoms. The van der Waals surface area contributed by atoms with Crippen LogP contribution in [0.15, 0.2) is 36.4 Å². The Morgan fingerprint density at radius 2 is 2.08 bits per heavy atom. The predicted octanol–water partition coefficient (Wildman–Crippen LogP) is 4.00. The van der Waals surface area contributed by atoms with Gasteiger partial charge in [0.2, 0.25) is 5.91 Å². The summed E-state index contributed by atoms with van der Waals surface area (Å²) in [6.45, 7) is 2.76. The number of hydrogen-bond donors (Lipinski definition) is 1. The molecule has 2 saturated carbocycles. The quantitative estimate of drug-likeness (QED) is 0.904. The van der Waals surface area contributed by atoms with Crippen molar-refractivity contribution in [3.63, 3.8) is 0 Å². The first-order valence-corrected chi connectivity index (χ1v) is 9.05. The molecule has 2 fully saturated rings. The number of benzene rings is 1. The van der Waals surface area contributed by atoms with Crippen molar-refractivity contribution in [1.29, 1.82) is 0 Å². The molecule has 126 valence electrons. The summed E-state index contributed by atoms with van der Waals surface area (Å²) in [6.07, 6.45) is 5.97. The molecule has 2 bridgehead atoms. The van der Waals surface area contributed by atoms with E-state index in [4.69, 9.17) is 0 Å². The van der Waals surface area contributed by atoms with E-state index in [-0.39, 0.29) is 5.91 Å². The molecule has 1 amide bonds. The highest BCUT2D eigenvalue weighted by Gasteiger charge is 2.40. The summed E-state index contributed by atoms with van der Waals surface area (Å²) in [5.74, 6) is 3.07. The summed E-state index contributed by atoms with van der Waals surface area (Å²) in [5.41, 5.74) is 2.28.